The van der Waals surface area contributed by atoms with E-state index in [1.807, 2.05) is 0 Å². The Morgan fingerprint density at radius 2 is 1.14 bits per heavy atom. The van der Waals surface area contributed by atoms with E-state index >= 15 is 0 Å². The summed E-state index contributed by atoms with van der Waals surface area (Å²) in [5.41, 5.74) is 8.26. The van der Waals surface area contributed by atoms with E-state index in [0.29, 0.717) is 0 Å². The lowest BCUT2D eigenvalue weighted by molar-refractivity contribution is 0.907. The van der Waals surface area contributed by atoms with Gasteiger partial charge in [-0.3, -0.25) is 9.98 Å². The summed E-state index contributed by atoms with van der Waals surface area (Å²) in [6.07, 6.45) is 4.28. The van der Waals surface area contributed by atoms with E-state index < -0.39 is 0 Å². The van der Waals surface area contributed by atoms with Gasteiger partial charge in [-0.15, -0.1) is 0 Å². The third-order valence-electron chi connectivity index (χ3n) is 3.17. The largest absolute Gasteiger partial charge is 0.262 e. The molecule has 0 aromatic heterocycles. The molecule has 2 heteroatoms. The molecule has 0 spiro atoms. The average Bonchev–Trinajstić information content (AvgIpc) is 2.59. The van der Waals surface area contributed by atoms with Crippen LogP contribution in [0.4, 0.5) is 0 Å². The first-order chi connectivity index (χ1) is 6.72. The second kappa shape index (κ2) is 2.66. The zero-order valence-electron chi connectivity index (χ0n) is 8.72. The second-order valence-corrected chi connectivity index (χ2v) is 4.50. The Morgan fingerprint density at radius 1 is 0.714 bits per heavy atom. The van der Waals surface area contributed by atoms with Crippen LogP contribution in [0.5, 0.6) is 0 Å². The fourth-order valence-electron chi connectivity index (χ4n) is 2.58. The minimum absolute atomic E-state index is 1.06. The van der Waals surface area contributed by atoms with Crippen molar-refractivity contribution in [2.75, 3.05) is 0 Å². The van der Waals surface area contributed by atoms with Gasteiger partial charge in [0, 0.05) is 48.5 Å². The fraction of sp³-hybridized carbons (Fsp3) is 0.500. The summed E-state index contributed by atoms with van der Waals surface area (Å²) in [6, 6.07) is 0. The van der Waals surface area contributed by atoms with Crippen molar-refractivity contribution in [2.24, 2.45) is 9.98 Å². The maximum absolute atomic E-state index is 4.61. The first kappa shape index (κ1) is 8.16. The fourth-order valence-corrected chi connectivity index (χ4v) is 2.58. The highest BCUT2D eigenvalue weighted by atomic mass is 14.8. The van der Waals surface area contributed by atoms with Gasteiger partial charge in [-0.2, -0.15) is 0 Å². The van der Waals surface area contributed by atoms with Crippen LogP contribution in [-0.2, 0) is 0 Å². The Labute approximate surface area is 84.1 Å². The summed E-state index contributed by atoms with van der Waals surface area (Å²) in [5, 5.41) is 0. The molecular weight excluding hydrogens is 172 g/mol. The summed E-state index contributed by atoms with van der Waals surface area (Å²) in [6.45, 7) is 4.25. The molecule has 3 aliphatic rings. The molecular formula is C12H14N2. The lowest BCUT2D eigenvalue weighted by Gasteiger charge is -2.14. The molecule has 14 heavy (non-hydrogen) atoms. The molecule has 72 valence electrons. The molecule has 2 aliphatic heterocycles. The van der Waals surface area contributed by atoms with Gasteiger partial charge in [0.15, 0.2) is 0 Å². The van der Waals surface area contributed by atoms with Gasteiger partial charge in [-0.25, -0.2) is 0 Å². The van der Waals surface area contributed by atoms with Crippen molar-refractivity contribution in [1.82, 2.24) is 0 Å². The summed E-state index contributed by atoms with van der Waals surface area (Å²) in [5.74, 6) is 0. The van der Waals surface area contributed by atoms with E-state index in [9.17, 15) is 0 Å². The Bertz CT molecular complexity index is 391. The van der Waals surface area contributed by atoms with Crippen LogP contribution in [-0.4, -0.2) is 11.4 Å². The lowest BCUT2D eigenvalue weighted by atomic mass is 9.92. The van der Waals surface area contributed by atoms with E-state index in [-0.39, 0.29) is 0 Å². The van der Waals surface area contributed by atoms with Crippen molar-refractivity contribution in [2.45, 2.75) is 39.5 Å². The molecule has 2 nitrogen and oxygen atoms in total. The van der Waals surface area contributed by atoms with Gasteiger partial charge < -0.3 is 0 Å². The predicted octanol–water partition coefficient (Wildman–Crippen LogP) is 3.02. The smallest absolute Gasteiger partial charge is 0.0444 e. The molecule has 1 aliphatic carbocycles. The normalized spacial score (nSPS) is 25.0. The maximum Gasteiger partial charge on any atom is 0.0444 e. The molecule has 0 amide bonds. The van der Waals surface area contributed by atoms with Crippen LogP contribution in [0.2, 0.25) is 0 Å². The predicted molar refractivity (Wildman–Crippen MR) is 58.7 cm³/mol. The topological polar surface area (TPSA) is 24.7 Å². The van der Waals surface area contributed by atoms with Gasteiger partial charge in [-0.05, 0) is 25.0 Å². The van der Waals surface area contributed by atoms with Crippen molar-refractivity contribution in [3.8, 4) is 0 Å². The maximum atomic E-state index is 4.61. The highest BCUT2D eigenvalue weighted by Crippen LogP contribution is 2.40. The molecule has 2 heterocycles. The average molecular weight is 186 g/mol. The molecule has 0 radical (unpaired) electrons. The number of hydrogen-bond donors (Lipinski definition) is 0. The van der Waals surface area contributed by atoms with E-state index in [1.165, 1.54) is 34.0 Å². The summed E-state index contributed by atoms with van der Waals surface area (Å²) in [7, 11) is 0. The van der Waals surface area contributed by atoms with E-state index in [1.54, 1.807) is 0 Å². The van der Waals surface area contributed by atoms with Gasteiger partial charge >= 0.3 is 0 Å². The summed E-state index contributed by atoms with van der Waals surface area (Å²) < 4.78 is 0. The van der Waals surface area contributed by atoms with E-state index in [2.05, 4.69) is 23.8 Å². The van der Waals surface area contributed by atoms with Crippen molar-refractivity contribution in [1.29, 1.82) is 0 Å². The number of rotatable bonds is 0. The van der Waals surface area contributed by atoms with Gasteiger partial charge in [0.05, 0.1) is 0 Å². The minimum atomic E-state index is 1.06. The Morgan fingerprint density at radius 3 is 1.57 bits per heavy atom. The van der Waals surface area contributed by atoms with Gasteiger partial charge in [0.2, 0.25) is 0 Å². The van der Waals surface area contributed by atoms with Gasteiger partial charge in [0.25, 0.3) is 0 Å². The van der Waals surface area contributed by atoms with Crippen LogP contribution in [0.25, 0.3) is 0 Å². The number of allylic oxidation sites excluding steroid dienone is 2. The molecule has 0 saturated heterocycles. The molecule has 0 fully saturated rings. The number of aliphatic imine (C=N–C) groups is 2. The van der Waals surface area contributed by atoms with Crippen LogP contribution in [0.1, 0.15) is 39.5 Å². The van der Waals surface area contributed by atoms with Crippen LogP contribution >= 0.6 is 0 Å². The monoisotopic (exact) mass is 186 g/mol. The van der Waals surface area contributed by atoms with Crippen molar-refractivity contribution < 1.29 is 0 Å². The van der Waals surface area contributed by atoms with Crippen molar-refractivity contribution in [3.05, 3.63) is 22.5 Å². The number of nitrogens with zero attached hydrogens (tertiary/aromatic N) is 2. The van der Waals surface area contributed by atoms with E-state index in [4.69, 9.17) is 0 Å². The Balaban J connectivity index is 1.89. The second-order valence-electron chi connectivity index (χ2n) is 4.50. The van der Waals surface area contributed by atoms with Crippen LogP contribution in [0.15, 0.2) is 32.5 Å². The van der Waals surface area contributed by atoms with Crippen LogP contribution in [0, 0.1) is 0 Å². The third-order valence-corrected chi connectivity index (χ3v) is 3.17. The minimum Gasteiger partial charge on any atom is -0.262 e. The third kappa shape index (κ3) is 1.10. The standard InChI is InChI=1S/C12H14N2/c1-7-3-9-5-12-10(4-8(2)14-12)6-11(9)13-7/h3-6H2,1-2H3. The SMILES string of the molecule is CC1=NC2=C(C1)CC1=C(CC(C)=N1)C2. The highest BCUT2D eigenvalue weighted by Gasteiger charge is 2.26. The molecule has 0 bridgehead atoms. The van der Waals surface area contributed by atoms with Crippen LogP contribution in [0.3, 0.4) is 0 Å². The highest BCUT2D eigenvalue weighted by molar-refractivity contribution is 5.90. The molecule has 0 N–H and O–H groups in total. The zero-order valence-corrected chi connectivity index (χ0v) is 8.72. The first-order valence-corrected chi connectivity index (χ1v) is 5.22. The zero-order chi connectivity index (χ0) is 9.71. The van der Waals surface area contributed by atoms with Gasteiger partial charge in [-0.1, -0.05) is 0 Å². The molecule has 0 aromatic carbocycles. The molecule has 0 unspecified atom stereocenters. The van der Waals surface area contributed by atoms with Gasteiger partial charge in [0.1, 0.15) is 0 Å². The molecule has 0 saturated carbocycles. The lowest BCUT2D eigenvalue weighted by Crippen LogP contribution is -1.98. The molecule has 3 rings (SSSR count). The van der Waals surface area contributed by atoms with Crippen molar-refractivity contribution in [3.63, 3.8) is 0 Å². The Hall–Kier alpha value is -1.18. The Kier molecular flexibility index (Phi) is 1.55. The molecule has 0 aromatic rings. The van der Waals surface area contributed by atoms with E-state index in [0.717, 1.165) is 25.7 Å². The van der Waals surface area contributed by atoms with Crippen LogP contribution < -0.4 is 0 Å². The molecule has 0 atom stereocenters. The first-order valence-electron chi connectivity index (χ1n) is 5.22. The summed E-state index contributed by atoms with van der Waals surface area (Å²) >= 11 is 0. The summed E-state index contributed by atoms with van der Waals surface area (Å²) in [4.78, 5) is 9.21. The quantitative estimate of drug-likeness (QED) is 0.555. The number of hydrogen-bond acceptors (Lipinski definition) is 2. The van der Waals surface area contributed by atoms with Crippen molar-refractivity contribution >= 4 is 11.4 Å².